The van der Waals surface area contributed by atoms with E-state index in [1.807, 2.05) is 24.5 Å². The van der Waals surface area contributed by atoms with Gasteiger partial charge >= 0.3 is 0 Å². The number of aromatic amines is 1. The number of nitrogens with zero attached hydrogens (tertiary/aromatic N) is 2. The number of rotatable bonds is 4. The van der Waals surface area contributed by atoms with Crippen LogP contribution in [0.25, 0.3) is 11.3 Å². The second-order valence-corrected chi connectivity index (χ2v) is 4.66. The van der Waals surface area contributed by atoms with E-state index < -0.39 is 0 Å². The number of hydrogen-bond acceptors (Lipinski definition) is 3. The van der Waals surface area contributed by atoms with Crippen LogP contribution in [0.15, 0.2) is 30.7 Å². The molecule has 0 radical (unpaired) electrons. The molecule has 0 saturated carbocycles. The number of nitrogens with one attached hydrogen (secondary N) is 1. The number of pyridine rings is 1. The summed E-state index contributed by atoms with van der Waals surface area (Å²) in [5.74, 6) is 1.41. The summed E-state index contributed by atoms with van der Waals surface area (Å²) in [4.78, 5) is 11.7. The van der Waals surface area contributed by atoms with E-state index in [4.69, 9.17) is 5.73 Å². The average Bonchev–Trinajstić information content (AvgIpc) is 2.78. The van der Waals surface area contributed by atoms with E-state index >= 15 is 0 Å². The summed E-state index contributed by atoms with van der Waals surface area (Å²) >= 11 is 0. The van der Waals surface area contributed by atoms with Gasteiger partial charge in [0.15, 0.2) is 0 Å². The second kappa shape index (κ2) is 5.10. The molecule has 2 heterocycles. The molecule has 4 heteroatoms. The molecule has 3 N–H and O–H groups in total. The van der Waals surface area contributed by atoms with Crippen molar-refractivity contribution in [1.82, 2.24) is 15.0 Å². The maximum absolute atomic E-state index is 6.08. The molecule has 2 rings (SSSR count). The van der Waals surface area contributed by atoms with E-state index in [9.17, 15) is 0 Å². The zero-order valence-corrected chi connectivity index (χ0v) is 10.2. The van der Waals surface area contributed by atoms with Gasteiger partial charge in [0, 0.05) is 18.0 Å². The van der Waals surface area contributed by atoms with Gasteiger partial charge in [0.2, 0.25) is 0 Å². The van der Waals surface area contributed by atoms with Crippen LogP contribution < -0.4 is 5.73 Å². The molecule has 17 heavy (non-hydrogen) atoms. The fraction of sp³-hybridized carbons (Fsp3) is 0.385. The fourth-order valence-electron chi connectivity index (χ4n) is 1.81. The molecule has 0 aliphatic heterocycles. The smallest absolute Gasteiger partial charge is 0.123 e. The molecule has 0 aliphatic carbocycles. The van der Waals surface area contributed by atoms with Crippen LogP contribution in [0.4, 0.5) is 0 Å². The topological polar surface area (TPSA) is 67.6 Å². The zero-order chi connectivity index (χ0) is 12.3. The molecule has 1 atom stereocenters. The first kappa shape index (κ1) is 11.8. The number of aromatic nitrogens is 3. The van der Waals surface area contributed by atoms with E-state index in [2.05, 4.69) is 28.8 Å². The Labute approximate surface area is 101 Å². The predicted octanol–water partition coefficient (Wildman–Crippen LogP) is 2.52. The molecule has 0 aliphatic rings. The highest BCUT2D eigenvalue weighted by Crippen LogP contribution is 2.20. The summed E-state index contributed by atoms with van der Waals surface area (Å²) in [6.07, 6.45) is 6.31. The van der Waals surface area contributed by atoms with Crippen molar-refractivity contribution >= 4 is 0 Å². The number of H-pyrrole nitrogens is 1. The molecule has 1 unspecified atom stereocenters. The molecule has 0 aromatic carbocycles. The van der Waals surface area contributed by atoms with Gasteiger partial charge in [-0.05, 0) is 24.5 Å². The van der Waals surface area contributed by atoms with Crippen LogP contribution >= 0.6 is 0 Å². The minimum Gasteiger partial charge on any atom is -0.341 e. The molecule has 0 fully saturated rings. The van der Waals surface area contributed by atoms with Gasteiger partial charge in [0.05, 0.1) is 17.9 Å². The van der Waals surface area contributed by atoms with E-state index in [-0.39, 0.29) is 6.04 Å². The fourth-order valence-corrected chi connectivity index (χ4v) is 1.81. The highest BCUT2D eigenvalue weighted by Gasteiger charge is 2.12. The van der Waals surface area contributed by atoms with Crippen LogP contribution in [-0.4, -0.2) is 15.0 Å². The van der Waals surface area contributed by atoms with Gasteiger partial charge in [-0.1, -0.05) is 13.8 Å². The summed E-state index contributed by atoms with van der Waals surface area (Å²) in [7, 11) is 0. The average molecular weight is 230 g/mol. The Bertz CT molecular complexity index is 461. The Balaban J connectivity index is 2.16. The van der Waals surface area contributed by atoms with Crippen LogP contribution in [0.3, 0.4) is 0 Å². The highest BCUT2D eigenvalue weighted by molar-refractivity contribution is 5.56. The molecule has 0 saturated heterocycles. The number of imidazole rings is 1. The first-order chi connectivity index (χ1) is 8.16. The van der Waals surface area contributed by atoms with Crippen molar-refractivity contribution in [3.63, 3.8) is 0 Å². The third-order valence-corrected chi connectivity index (χ3v) is 2.64. The summed E-state index contributed by atoms with van der Waals surface area (Å²) in [6, 6.07) is 3.88. The monoisotopic (exact) mass is 230 g/mol. The van der Waals surface area contributed by atoms with Gasteiger partial charge in [0.25, 0.3) is 0 Å². The normalized spacial score (nSPS) is 12.9. The summed E-state index contributed by atoms with van der Waals surface area (Å²) < 4.78 is 0. The summed E-state index contributed by atoms with van der Waals surface area (Å²) in [5, 5.41) is 0. The first-order valence-electron chi connectivity index (χ1n) is 5.87. The largest absolute Gasteiger partial charge is 0.341 e. The van der Waals surface area contributed by atoms with E-state index in [1.54, 1.807) is 6.20 Å². The van der Waals surface area contributed by atoms with Crippen molar-refractivity contribution in [1.29, 1.82) is 0 Å². The molecule has 4 nitrogen and oxygen atoms in total. The highest BCUT2D eigenvalue weighted by atomic mass is 15.0. The Kier molecular flexibility index (Phi) is 3.54. The van der Waals surface area contributed by atoms with Gasteiger partial charge in [-0.25, -0.2) is 4.98 Å². The molecule has 0 amide bonds. The van der Waals surface area contributed by atoms with Crippen LogP contribution in [0.1, 0.15) is 32.1 Å². The van der Waals surface area contributed by atoms with Crippen LogP contribution in [0, 0.1) is 5.92 Å². The molecule has 0 spiro atoms. The van der Waals surface area contributed by atoms with Gasteiger partial charge < -0.3 is 10.7 Å². The van der Waals surface area contributed by atoms with Gasteiger partial charge in [-0.3, -0.25) is 4.98 Å². The lowest BCUT2D eigenvalue weighted by Gasteiger charge is -2.10. The van der Waals surface area contributed by atoms with Crippen LogP contribution in [0.2, 0.25) is 0 Å². The first-order valence-corrected chi connectivity index (χ1v) is 5.87. The van der Waals surface area contributed by atoms with Crippen molar-refractivity contribution in [2.24, 2.45) is 11.7 Å². The van der Waals surface area contributed by atoms with Gasteiger partial charge in [-0.15, -0.1) is 0 Å². The quantitative estimate of drug-likeness (QED) is 0.848. The van der Waals surface area contributed by atoms with Crippen LogP contribution in [0.5, 0.6) is 0 Å². The predicted molar refractivity (Wildman–Crippen MR) is 68.2 cm³/mol. The third kappa shape index (κ3) is 2.91. The van der Waals surface area contributed by atoms with Gasteiger partial charge in [-0.2, -0.15) is 0 Å². The maximum Gasteiger partial charge on any atom is 0.123 e. The molecule has 90 valence electrons. The Morgan fingerprint density at radius 1 is 1.35 bits per heavy atom. The standard InChI is InChI=1S/C13H18N4/c1-9(2)6-11(14)13-16-8-12(17-13)10-4-3-5-15-7-10/h3-5,7-9,11H,6,14H2,1-2H3,(H,16,17). The SMILES string of the molecule is CC(C)CC(N)c1ncc(-c2cccnc2)[nH]1. The van der Waals surface area contributed by atoms with E-state index in [0.29, 0.717) is 5.92 Å². The molecular formula is C13H18N4. The summed E-state index contributed by atoms with van der Waals surface area (Å²) in [5.41, 5.74) is 8.07. The van der Waals surface area contributed by atoms with E-state index in [0.717, 1.165) is 23.5 Å². The van der Waals surface area contributed by atoms with E-state index in [1.165, 1.54) is 0 Å². The second-order valence-electron chi connectivity index (χ2n) is 4.66. The number of hydrogen-bond donors (Lipinski definition) is 2. The van der Waals surface area contributed by atoms with Crippen molar-refractivity contribution in [3.8, 4) is 11.3 Å². The van der Waals surface area contributed by atoms with Crippen LogP contribution in [-0.2, 0) is 0 Å². The molecule has 0 bridgehead atoms. The lowest BCUT2D eigenvalue weighted by molar-refractivity contribution is 0.496. The van der Waals surface area contributed by atoms with Crippen molar-refractivity contribution in [2.45, 2.75) is 26.3 Å². The van der Waals surface area contributed by atoms with Crippen molar-refractivity contribution in [3.05, 3.63) is 36.5 Å². The molecule has 2 aromatic heterocycles. The molecular weight excluding hydrogens is 212 g/mol. The third-order valence-electron chi connectivity index (χ3n) is 2.64. The Hall–Kier alpha value is -1.68. The zero-order valence-electron chi connectivity index (χ0n) is 10.2. The minimum absolute atomic E-state index is 0.0274. The lowest BCUT2D eigenvalue weighted by Crippen LogP contribution is -2.14. The van der Waals surface area contributed by atoms with Crippen molar-refractivity contribution in [2.75, 3.05) is 0 Å². The van der Waals surface area contributed by atoms with Gasteiger partial charge in [0.1, 0.15) is 5.82 Å². The lowest BCUT2D eigenvalue weighted by atomic mass is 10.0. The maximum atomic E-state index is 6.08. The Morgan fingerprint density at radius 3 is 2.82 bits per heavy atom. The Morgan fingerprint density at radius 2 is 2.18 bits per heavy atom. The minimum atomic E-state index is -0.0274. The molecule has 2 aromatic rings. The van der Waals surface area contributed by atoms with Crippen molar-refractivity contribution < 1.29 is 0 Å². The summed E-state index contributed by atoms with van der Waals surface area (Å²) in [6.45, 7) is 4.32. The number of nitrogens with two attached hydrogens (primary N) is 1.